The largest absolute Gasteiger partial charge is 0.378 e. The summed E-state index contributed by atoms with van der Waals surface area (Å²) >= 11 is 5.76. The fraction of sp³-hybridized carbons (Fsp3) is 0.462. The third kappa shape index (κ3) is 2.13. The van der Waals surface area contributed by atoms with E-state index >= 15 is 0 Å². The highest BCUT2D eigenvalue weighted by molar-refractivity contribution is 6.31. The Labute approximate surface area is 120 Å². The molecule has 1 aromatic carbocycles. The Morgan fingerprint density at radius 3 is 3.05 bits per heavy atom. The summed E-state index contributed by atoms with van der Waals surface area (Å²) in [5.41, 5.74) is 6.66. The zero-order valence-corrected chi connectivity index (χ0v) is 11.8. The summed E-state index contributed by atoms with van der Waals surface area (Å²) < 4.78 is 26.4. The standard InChI is InChI=1S/C13H15ClFN3O2/c1-19-13(2-3-20-7-13)6-18-11-5-9(15)8(14)4-10(11)17-12(18)16/h4-5H,2-3,6-7H2,1H3,(H2,16,17). The summed E-state index contributed by atoms with van der Waals surface area (Å²) in [5, 5.41) is 0.0350. The van der Waals surface area contributed by atoms with E-state index < -0.39 is 11.4 Å². The van der Waals surface area contributed by atoms with Crippen molar-refractivity contribution in [2.24, 2.45) is 0 Å². The number of imidazole rings is 1. The number of nitrogens with zero attached hydrogens (tertiary/aromatic N) is 2. The van der Waals surface area contributed by atoms with E-state index in [1.165, 1.54) is 12.1 Å². The number of methoxy groups -OCH3 is 1. The molecule has 1 saturated heterocycles. The summed E-state index contributed by atoms with van der Waals surface area (Å²) in [7, 11) is 1.64. The van der Waals surface area contributed by atoms with Crippen molar-refractivity contribution < 1.29 is 13.9 Å². The van der Waals surface area contributed by atoms with Crippen LogP contribution in [0, 0.1) is 5.82 Å². The Morgan fingerprint density at radius 1 is 1.60 bits per heavy atom. The molecule has 1 aliphatic heterocycles. The summed E-state index contributed by atoms with van der Waals surface area (Å²) in [6, 6.07) is 2.82. The van der Waals surface area contributed by atoms with Crippen LogP contribution < -0.4 is 5.73 Å². The van der Waals surface area contributed by atoms with Gasteiger partial charge in [0.05, 0.1) is 29.2 Å². The van der Waals surface area contributed by atoms with Crippen molar-refractivity contribution in [2.45, 2.75) is 18.6 Å². The van der Waals surface area contributed by atoms with Gasteiger partial charge in [-0.1, -0.05) is 11.6 Å². The van der Waals surface area contributed by atoms with Crippen LogP contribution in [-0.2, 0) is 16.0 Å². The van der Waals surface area contributed by atoms with Crippen LogP contribution in [0.15, 0.2) is 12.1 Å². The maximum absolute atomic E-state index is 13.7. The Kier molecular flexibility index (Phi) is 3.32. The van der Waals surface area contributed by atoms with Gasteiger partial charge in [0.25, 0.3) is 0 Å². The van der Waals surface area contributed by atoms with Gasteiger partial charge >= 0.3 is 0 Å². The van der Waals surface area contributed by atoms with Gasteiger partial charge in [-0.05, 0) is 6.07 Å². The van der Waals surface area contributed by atoms with Crippen molar-refractivity contribution in [2.75, 3.05) is 26.1 Å². The Balaban J connectivity index is 2.06. The Bertz CT molecular complexity index is 653. The number of fused-ring (bicyclic) bond motifs is 1. The lowest BCUT2D eigenvalue weighted by Gasteiger charge is -2.26. The fourth-order valence-corrected chi connectivity index (χ4v) is 2.69. The fourth-order valence-electron chi connectivity index (χ4n) is 2.53. The first-order valence-corrected chi connectivity index (χ1v) is 6.66. The average Bonchev–Trinajstić information content (AvgIpc) is 2.99. The lowest BCUT2D eigenvalue weighted by atomic mass is 10.0. The molecule has 2 N–H and O–H groups in total. The number of nitrogens with two attached hydrogens (primary N) is 1. The van der Waals surface area contributed by atoms with Gasteiger partial charge in [-0.15, -0.1) is 0 Å². The van der Waals surface area contributed by atoms with Gasteiger partial charge in [0.1, 0.15) is 11.4 Å². The number of ether oxygens (including phenoxy) is 2. The maximum Gasteiger partial charge on any atom is 0.201 e. The zero-order valence-electron chi connectivity index (χ0n) is 11.0. The van der Waals surface area contributed by atoms with Crippen LogP contribution >= 0.6 is 11.6 Å². The van der Waals surface area contributed by atoms with E-state index in [1.807, 2.05) is 0 Å². The van der Waals surface area contributed by atoms with Gasteiger partial charge in [-0.25, -0.2) is 9.37 Å². The van der Waals surface area contributed by atoms with Gasteiger partial charge in [-0.2, -0.15) is 0 Å². The Morgan fingerprint density at radius 2 is 2.40 bits per heavy atom. The third-order valence-electron chi connectivity index (χ3n) is 3.77. The van der Waals surface area contributed by atoms with Gasteiger partial charge in [0, 0.05) is 26.2 Å². The molecule has 0 saturated carbocycles. The number of aromatic nitrogens is 2. The van der Waals surface area contributed by atoms with E-state index in [0.29, 0.717) is 36.7 Å². The van der Waals surface area contributed by atoms with Crippen molar-refractivity contribution in [3.05, 3.63) is 23.0 Å². The van der Waals surface area contributed by atoms with Crippen LogP contribution in [0.3, 0.4) is 0 Å². The van der Waals surface area contributed by atoms with Crippen LogP contribution in [0.1, 0.15) is 6.42 Å². The minimum Gasteiger partial charge on any atom is -0.378 e. The maximum atomic E-state index is 13.7. The number of anilines is 1. The summed E-state index contributed by atoms with van der Waals surface area (Å²) in [4.78, 5) is 4.22. The number of hydrogen-bond acceptors (Lipinski definition) is 4. The van der Waals surface area contributed by atoms with E-state index in [1.54, 1.807) is 11.7 Å². The van der Waals surface area contributed by atoms with Gasteiger partial charge in [0.15, 0.2) is 0 Å². The second-order valence-corrected chi connectivity index (χ2v) is 5.41. The quantitative estimate of drug-likeness (QED) is 0.944. The molecule has 2 heterocycles. The number of hydrogen-bond donors (Lipinski definition) is 1. The van der Waals surface area contributed by atoms with Gasteiger partial charge < -0.3 is 19.8 Å². The molecule has 0 amide bonds. The van der Waals surface area contributed by atoms with E-state index in [0.717, 1.165) is 6.42 Å². The number of rotatable bonds is 3. The topological polar surface area (TPSA) is 62.3 Å². The highest BCUT2D eigenvalue weighted by Crippen LogP contribution is 2.30. The molecule has 5 nitrogen and oxygen atoms in total. The van der Waals surface area contributed by atoms with Crippen LogP contribution in [0.2, 0.25) is 5.02 Å². The molecule has 0 bridgehead atoms. The smallest absolute Gasteiger partial charge is 0.201 e. The van der Waals surface area contributed by atoms with E-state index in [4.69, 9.17) is 26.8 Å². The average molecular weight is 300 g/mol. The minimum atomic E-state index is -0.491. The first-order chi connectivity index (χ1) is 9.54. The Hall–Kier alpha value is -1.37. The van der Waals surface area contributed by atoms with Gasteiger partial charge in [0.2, 0.25) is 5.95 Å². The molecule has 1 atom stereocenters. The number of halogens is 2. The molecule has 108 valence electrons. The molecule has 1 aliphatic rings. The van der Waals surface area contributed by atoms with E-state index in [2.05, 4.69) is 4.98 Å². The number of nitrogen functional groups attached to an aromatic ring is 1. The molecule has 3 rings (SSSR count). The predicted molar refractivity (Wildman–Crippen MR) is 74.3 cm³/mol. The van der Waals surface area contributed by atoms with E-state index in [-0.39, 0.29) is 5.02 Å². The molecule has 7 heteroatoms. The predicted octanol–water partition coefficient (Wildman–Crippen LogP) is 2.22. The molecular weight excluding hydrogens is 285 g/mol. The summed E-state index contributed by atoms with van der Waals surface area (Å²) in [6.07, 6.45) is 0.763. The summed E-state index contributed by atoms with van der Waals surface area (Å²) in [5.74, 6) is -0.181. The molecule has 2 aromatic rings. The lowest BCUT2D eigenvalue weighted by Crippen LogP contribution is -2.37. The molecule has 0 radical (unpaired) electrons. The molecule has 1 aromatic heterocycles. The van der Waals surface area contributed by atoms with Crippen molar-refractivity contribution in [3.8, 4) is 0 Å². The van der Waals surface area contributed by atoms with Crippen LogP contribution in [0.5, 0.6) is 0 Å². The molecule has 1 unspecified atom stereocenters. The van der Waals surface area contributed by atoms with Gasteiger partial charge in [-0.3, -0.25) is 0 Å². The lowest BCUT2D eigenvalue weighted by molar-refractivity contribution is -0.0283. The van der Waals surface area contributed by atoms with Crippen molar-refractivity contribution in [1.29, 1.82) is 0 Å². The second kappa shape index (κ2) is 4.87. The van der Waals surface area contributed by atoms with Crippen LogP contribution in [-0.4, -0.2) is 35.5 Å². The molecule has 20 heavy (non-hydrogen) atoms. The monoisotopic (exact) mass is 299 g/mol. The van der Waals surface area contributed by atoms with Crippen molar-refractivity contribution in [1.82, 2.24) is 9.55 Å². The SMILES string of the molecule is COC1(Cn2c(N)nc3cc(Cl)c(F)cc32)CCOC1. The summed E-state index contributed by atoms with van der Waals surface area (Å²) in [6.45, 7) is 1.59. The second-order valence-electron chi connectivity index (χ2n) is 5.00. The van der Waals surface area contributed by atoms with E-state index in [9.17, 15) is 4.39 Å². The highest BCUT2D eigenvalue weighted by Gasteiger charge is 2.36. The van der Waals surface area contributed by atoms with Crippen molar-refractivity contribution >= 4 is 28.6 Å². The normalized spacial score (nSPS) is 22.8. The third-order valence-corrected chi connectivity index (χ3v) is 4.06. The molecular formula is C13H15ClFN3O2. The van der Waals surface area contributed by atoms with Crippen LogP contribution in [0.25, 0.3) is 11.0 Å². The molecule has 1 fully saturated rings. The number of benzene rings is 1. The molecule has 0 aliphatic carbocycles. The van der Waals surface area contributed by atoms with Crippen LogP contribution in [0.4, 0.5) is 10.3 Å². The zero-order chi connectivity index (χ0) is 14.3. The first kappa shape index (κ1) is 13.6. The highest BCUT2D eigenvalue weighted by atomic mass is 35.5. The minimum absolute atomic E-state index is 0.0350. The van der Waals surface area contributed by atoms with Crippen molar-refractivity contribution in [3.63, 3.8) is 0 Å². The molecule has 0 spiro atoms. The first-order valence-electron chi connectivity index (χ1n) is 6.28.